The Morgan fingerprint density at radius 3 is 2.00 bits per heavy atom. The van der Waals surface area contributed by atoms with E-state index >= 15 is 0 Å². The van der Waals surface area contributed by atoms with Crippen LogP contribution in [-0.2, 0) is 0 Å². The van der Waals surface area contributed by atoms with Gasteiger partial charge in [0.05, 0.1) is 6.67 Å². The van der Waals surface area contributed by atoms with Gasteiger partial charge in [-0.2, -0.15) is 0 Å². The average Bonchev–Trinajstić information content (AvgIpc) is 1.61. The Morgan fingerprint density at radius 2 is 1.86 bits per heavy atom. The summed E-state index contributed by atoms with van der Waals surface area (Å²) in [6.45, 7) is -0.480. The molecule has 0 radical (unpaired) electrons. The van der Waals surface area contributed by atoms with Crippen LogP contribution in [0.5, 0.6) is 0 Å². The summed E-state index contributed by atoms with van der Waals surface area (Å²) in [4.78, 5) is 0. The summed E-state index contributed by atoms with van der Waals surface area (Å²) in [5.74, 6) is 0. The Balaban J connectivity index is 0. The molecular weight excluding hydrogens is 90.0 g/mol. The predicted molar refractivity (Wildman–Crippen MR) is 20.1 cm³/mol. The maximum atomic E-state index is 11.0. The molecule has 0 atom stereocenters. The van der Waals surface area contributed by atoms with E-state index in [2.05, 4.69) is 0 Å². The van der Waals surface area contributed by atoms with Gasteiger partial charge in [0.2, 0.25) is 0 Å². The molecule has 3 heteroatoms. The number of rotatable bonds is 3. The van der Waals surface area contributed by atoms with Crippen LogP contribution in [0.2, 0.25) is 0 Å². The van der Waals surface area contributed by atoms with Crippen molar-refractivity contribution in [3.05, 3.63) is 0 Å². The molecule has 0 heterocycles. The minimum absolute atomic E-state index is 0. The second-order valence-electron chi connectivity index (χ2n) is 1.10. The van der Waals surface area contributed by atoms with Gasteiger partial charge in [-0.15, -0.1) is 6.61 Å². The number of hydrogen-bond acceptors (Lipinski definition) is 1. The third-order valence-electron chi connectivity index (χ3n) is 0.528. The molecule has 1 nitrogen and oxygen atoms in total. The van der Waals surface area contributed by atoms with Crippen LogP contribution in [0.25, 0.3) is 0 Å². The summed E-state index contributed by atoms with van der Waals surface area (Å²) in [6, 6.07) is 0. The molecule has 7 heavy (non-hydrogen) atoms. The van der Waals surface area contributed by atoms with Crippen molar-refractivity contribution in [2.75, 3.05) is 13.3 Å². The van der Waals surface area contributed by atoms with Gasteiger partial charge in [0, 0.05) is 0 Å². The molecule has 0 fully saturated rings. The quantitative estimate of drug-likeness (QED) is 0.274. The van der Waals surface area contributed by atoms with Crippen molar-refractivity contribution in [1.29, 1.82) is 0 Å². The summed E-state index contributed by atoms with van der Waals surface area (Å²) < 4.78 is 11.0. The molecule has 0 unspecified atom stereocenters. The molecule has 0 N–H and O–H groups in total. The zero-order chi connectivity index (χ0) is 4.83. The second kappa shape index (κ2) is 9.70. The molecule has 0 aromatic carbocycles. The molecule has 0 aliphatic heterocycles. The third kappa shape index (κ3) is 10.7. The van der Waals surface area contributed by atoms with Crippen LogP contribution in [0, 0.1) is 0 Å². The number of unbranched alkanes of at least 4 members (excludes halogenated alkanes) is 1. The molecule has 0 aliphatic carbocycles. The first-order valence-corrected chi connectivity index (χ1v) is 2.06. The van der Waals surface area contributed by atoms with Gasteiger partial charge in [-0.25, -0.2) is 0 Å². The topological polar surface area (TPSA) is 23.1 Å². The number of halogens is 1. The van der Waals surface area contributed by atoms with Crippen LogP contribution >= 0.6 is 0 Å². The fourth-order valence-electron chi connectivity index (χ4n) is 0.197. The van der Waals surface area contributed by atoms with Gasteiger partial charge in [0.25, 0.3) is 0 Å². The third-order valence-corrected chi connectivity index (χ3v) is 0.528. The Labute approximate surface area is 55.1 Å². The Kier molecular flexibility index (Phi) is 14.5. The molecular formula is C4H8FLiO. The summed E-state index contributed by atoms with van der Waals surface area (Å²) in [6.07, 6.45) is 0.917. The Hall–Kier alpha value is 0.487. The van der Waals surface area contributed by atoms with Gasteiger partial charge in [-0.3, -0.25) is 4.39 Å². The van der Waals surface area contributed by atoms with Crippen molar-refractivity contribution in [3.63, 3.8) is 0 Å². The Morgan fingerprint density at radius 1 is 1.29 bits per heavy atom. The monoisotopic (exact) mass is 98.1 g/mol. The second-order valence-corrected chi connectivity index (χ2v) is 1.10. The van der Waals surface area contributed by atoms with E-state index in [1.165, 1.54) is 0 Å². The summed E-state index contributed by atoms with van der Waals surface area (Å²) in [7, 11) is 0. The van der Waals surface area contributed by atoms with E-state index < -0.39 is 0 Å². The van der Waals surface area contributed by atoms with Crippen LogP contribution in [0.15, 0.2) is 0 Å². The first-order chi connectivity index (χ1) is 2.91. The zero-order valence-corrected chi connectivity index (χ0v) is 4.61. The van der Waals surface area contributed by atoms with E-state index in [1.54, 1.807) is 0 Å². The number of alkyl halides is 1. The fraction of sp³-hybridized carbons (Fsp3) is 1.00. The summed E-state index contributed by atoms with van der Waals surface area (Å²) >= 11 is 0. The van der Waals surface area contributed by atoms with Crippen molar-refractivity contribution in [3.8, 4) is 0 Å². The van der Waals surface area contributed by atoms with Crippen molar-refractivity contribution in [2.45, 2.75) is 12.8 Å². The van der Waals surface area contributed by atoms with Crippen LogP contribution in [0.1, 0.15) is 12.8 Å². The molecule has 0 saturated carbocycles. The van der Waals surface area contributed by atoms with Crippen molar-refractivity contribution in [2.24, 2.45) is 0 Å². The first-order valence-electron chi connectivity index (χ1n) is 2.06. The van der Waals surface area contributed by atoms with Crippen molar-refractivity contribution in [1.82, 2.24) is 0 Å². The minimum atomic E-state index is -0.345. The van der Waals surface area contributed by atoms with Gasteiger partial charge in [-0.1, -0.05) is 6.42 Å². The van der Waals surface area contributed by atoms with Crippen LogP contribution in [-0.4, -0.2) is 13.3 Å². The van der Waals surface area contributed by atoms with Crippen molar-refractivity contribution < 1.29 is 28.4 Å². The standard InChI is InChI=1S/C4H8FO.Li/c5-3-1-2-4-6;/h1-4H2;/q-1;+1. The summed E-state index contributed by atoms with van der Waals surface area (Å²) in [5.41, 5.74) is 0. The smallest absolute Gasteiger partial charge is 0.854 e. The van der Waals surface area contributed by atoms with Crippen LogP contribution in [0.4, 0.5) is 4.39 Å². The van der Waals surface area contributed by atoms with Gasteiger partial charge in [-0.05, 0) is 6.42 Å². The predicted octanol–water partition coefficient (Wildman–Crippen LogP) is -2.90. The molecule has 0 aromatic heterocycles. The SMILES string of the molecule is [Li+].[O-]CCCCF. The molecule has 0 amide bonds. The minimum Gasteiger partial charge on any atom is -0.854 e. The van der Waals surface area contributed by atoms with Gasteiger partial charge in [0.15, 0.2) is 0 Å². The molecule has 0 bridgehead atoms. The van der Waals surface area contributed by atoms with Gasteiger partial charge in [0.1, 0.15) is 0 Å². The van der Waals surface area contributed by atoms with E-state index in [4.69, 9.17) is 0 Å². The molecule has 0 aromatic rings. The van der Waals surface area contributed by atoms with Crippen LogP contribution < -0.4 is 24.0 Å². The van der Waals surface area contributed by atoms with E-state index in [0.717, 1.165) is 0 Å². The van der Waals surface area contributed by atoms with E-state index in [-0.39, 0.29) is 32.1 Å². The first kappa shape index (κ1) is 10.5. The van der Waals surface area contributed by atoms with Gasteiger partial charge < -0.3 is 5.11 Å². The largest absolute Gasteiger partial charge is 1.00 e. The maximum absolute atomic E-state index is 11.0. The van der Waals surface area contributed by atoms with E-state index in [9.17, 15) is 9.50 Å². The molecule has 38 valence electrons. The van der Waals surface area contributed by atoms with Crippen molar-refractivity contribution >= 4 is 0 Å². The molecule has 0 spiro atoms. The van der Waals surface area contributed by atoms with Crippen LogP contribution in [0.3, 0.4) is 0 Å². The molecule has 0 saturated heterocycles. The summed E-state index contributed by atoms with van der Waals surface area (Å²) in [5, 5.41) is 9.52. The Bertz CT molecular complexity index is 23.7. The zero-order valence-electron chi connectivity index (χ0n) is 4.61. The fourth-order valence-corrected chi connectivity index (χ4v) is 0.197. The van der Waals surface area contributed by atoms with E-state index in [1.807, 2.05) is 0 Å². The normalized spacial score (nSPS) is 7.71. The number of hydrogen-bond donors (Lipinski definition) is 0. The van der Waals surface area contributed by atoms with Gasteiger partial charge >= 0.3 is 18.9 Å². The maximum Gasteiger partial charge on any atom is 1.00 e. The molecule has 0 aliphatic rings. The van der Waals surface area contributed by atoms with E-state index in [0.29, 0.717) is 12.8 Å². The average molecular weight is 98.0 g/mol. The molecule has 0 rings (SSSR count).